The van der Waals surface area contributed by atoms with Crippen LogP contribution in [0.3, 0.4) is 0 Å². The van der Waals surface area contributed by atoms with Gasteiger partial charge in [-0.05, 0) is 104 Å². The third kappa shape index (κ3) is 31.4. The highest BCUT2D eigenvalue weighted by Gasteiger charge is 2.11. The summed E-state index contributed by atoms with van der Waals surface area (Å²) >= 11 is 0. The number of anilines is 1. The number of aryl methyl sites for hydroxylation is 3. The minimum absolute atomic E-state index is 0.829. The maximum Gasteiger partial charge on any atom is 0.106 e. The summed E-state index contributed by atoms with van der Waals surface area (Å²) in [5.41, 5.74) is 12.8. The van der Waals surface area contributed by atoms with Crippen molar-refractivity contribution in [2.75, 3.05) is 65.6 Å². The van der Waals surface area contributed by atoms with Crippen LogP contribution in [0.4, 0.5) is 5.69 Å². The van der Waals surface area contributed by atoms with Crippen LogP contribution in [0.15, 0.2) is 110 Å². The van der Waals surface area contributed by atoms with Gasteiger partial charge >= 0.3 is 0 Å². The number of likely N-dealkylation sites (N-methyl/N-ethyl adjacent to an activating group) is 2. The van der Waals surface area contributed by atoms with E-state index in [0.29, 0.717) is 0 Å². The Bertz CT molecular complexity index is 1010. The molecule has 1 saturated heterocycles. The van der Waals surface area contributed by atoms with Crippen LogP contribution in [0.5, 0.6) is 0 Å². The van der Waals surface area contributed by atoms with E-state index in [-0.39, 0.29) is 0 Å². The number of rotatable bonds is 4. The van der Waals surface area contributed by atoms with Crippen LogP contribution < -0.4 is 5.73 Å². The van der Waals surface area contributed by atoms with E-state index in [1.165, 1.54) is 40.7 Å². The largest absolute Gasteiger partial charge is 0.399 e. The van der Waals surface area contributed by atoms with Gasteiger partial charge in [0.1, 0.15) is 6.79 Å². The first kappa shape index (κ1) is 49.5. The Balaban J connectivity index is -0.000000313. The monoisotopic (exact) mass is 641 g/mol. The second kappa shape index (κ2) is 36.1. The number of benzene rings is 2. The van der Waals surface area contributed by atoms with Crippen LogP contribution in [0.2, 0.25) is 0 Å². The molecule has 0 bridgehead atoms. The van der Waals surface area contributed by atoms with Gasteiger partial charge in [-0.3, -0.25) is 4.90 Å². The van der Waals surface area contributed by atoms with Gasteiger partial charge < -0.3 is 20.3 Å². The number of terminal acetylenes is 2. The molecule has 5 nitrogen and oxygen atoms in total. The van der Waals surface area contributed by atoms with Crippen molar-refractivity contribution >= 4 is 12.5 Å². The molecule has 1 fully saturated rings. The summed E-state index contributed by atoms with van der Waals surface area (Å²) < 4.78 is 0. The lowest BCUT2D eigenvalue weighted by Crippen LogP contribution is -2.35. The van der Waals surface area contributed by atoms with Crippen LogP contribution in [0, 0.1) is 46.5 Å². The Hall–Kier alpha value is -4.39. The molecule has 1 aliphatic heterocycles. The fourth-order valence-corrected chi connectivity index (χ4v) is 4.36. The molecule has 0 atom stereocenters. The summed E-state index contributed by atoms with van der Waals surface area (Å²) in [6, 6.07) is 16.3. The zero-order valence-corrected chi connectivity index (χ0v) is 30.5. The first-order valence-electron chi connectivity index (χ1n) is 15.6. The lowest BCUT2D eigenvalue weighted by atomic mass is 10.2. The van der Waals surface area contributed by atoms with Gasteiger partial charge in [0.05, 0.1) is 0 Å². The number of nitrogen functional groups attached to an aromatic ring is 1. The minimum Gasteiger partial charge on any atom is -0.399 e. The number of nitrogens with two attached hydrogens (primary N) is 1. The molecule has 0 amide bonds. The van der Waals surface area contributed by atoms with Crippen molar-refractivity contribution in [3.05, 3.63) is 127 Å². The van der Waals surface area contributed by atoms with Gasteiger partial charge in [0.25, 0.3) is 0 Å². The molecular formula is C42H64N4O. The van der Waals surface area contributed by atoms with E-state index in [1.807, 2.05) is 44.1 Å². The Labute approximate surface area is 290 Å². The van der Waals surface area contributed by atoms with E-state index in [1.54, 1.807) is 0 Å². The van der Waals surface area contributed by atoms with Crippen molar-refractivity contribution in [1.82, 2.24) is 14.7 Å². The van der Waals surface area contributed by atoms with Crippen LogP contribution in [0.1, 0.15) is 36.5 Å². The van der Waals surface area contributed by atoms with Crippen molar-refractivity contribution in [1.29, 1.82) is 0 Å². The van der Waals surface area contributed by atoms with E-state index < -0.39 is 0 Å². The molecule has 2 N–H and O–H groups in total. The summed E-state index contributed by atoms with van der Waals surface area (Å²) in [6.45, 7) is 31.9. The van der Waals surface area contributed by atoms with Gasteiger partial charge in [-0.25, -0.2) is 0 Å². The molecule has 5 heteroatoms. The maximum absolute atomic E-state index is 8.00. The number of allylic oxidation sites excluding steroid dienone is 3. The van der Waals surface area contributed by atoms with Gasteiger partial charge in [0.2, 0.25) is 0 Å². The minimum atomic E-state index is 0.829. The standard InChI is InChI=1S/C20H35N3.C8H10.C7H9N.C2H4.2C2H2.CH2O/c1-6-10-20(11-7-2)18-23-14-8-12-21(4)16-19(3)17-22(5)13-9-15-23;1-7-3-5-8(2)6-4-7;1-6-2-4-7(8)5-3-6;4*1-2/h6-7,10-11H,1,3,8-9,12-18H2,2,4-5H3;3-6H,1-2H3;2-5H,8H2,1H3;1-2H2;2*1-2H;1H2/b11-7-,20-10+;;;;;;. The fraction of sp³-hybridized carbons (Fsp3) is 0.357. The molecule has 2 aromatic rings. The molecule has 0 saturated carbocycles. The Morgan fingerprint density at radius 1 is 0.766 bits per heavy atom. The smallest absolute Gasteiger partial charge is 0.106 e. The molecule has 0 spiro atoms. The molecule has 3 rings (SSSR count). The van der Waals surface area contributed by atoms with E-state index in [9.17, 15) is 0 Å². The van der Waals surface area contributed by atoms with Crippen molar-refractivity contribution in [2.45, 2.75) is 40.5 Å². The lowest BCUT2D eigenvalue weighted by molar-refractivity contribution is -0.0980. The third-order valence-corrected chi connectivity index (χ3v) is 6.43. The van der Waals surface area contributed by atoms with E-state index in [4.69, 9.17) is 10.5 Å². The summed E-state index contributed by atoms with van der Waals surface area (Å²) in [6.07, 6.45) is 26.7. The molecule has 47 heavy (non-hydrogen) atoms. The van der Waals surface area contributed by atoms with Gasteiger partial charge in [0, 0.05) is 25.3 Å². The average Bonchev–Trinajstić information content (AvgIpc) is 3.07. The summed E-state index contributed by atoms with van der Waals surface area (Å²) in [4.78, 5) is 15.4. The molecule has 2 aromatic carbocycles. The van der Waals surface area contributed by atoms with E-state index in [2.05, 4.69) is 144 Å². The van der Waals surface area contributed by atoms with Crippen molar-refractivity contribution < 1.29 is 4.79 Å². The van der Waals surface area contributed by atoms with E-state index in [0.717, 1.165) is 51.5 Å². The topological polar surface area (TPSA) is 52.8 Å². The predicted octanol–water partition coefficient (Wildman–Crippen LogP) is 8.19. The fourth-order valence-electron chi connectivity index (χ4n) is 4.36. The Morgan fingerprint density at radius 2 is 1.13 bits per heavy atom. The highest BCUT2D eigenvalue weighted by molar-refractivity contribution is 5.38. The zero-order chi connectivity index (χ0) is 37.0. The quantitative estimate of drug-likeness (QED) is 0.158. The number of carbonyl (C=O) groups excluding carboxylic acids is 1. The second-order valence-electron chi connectivity index (χ2n) is 10.8. The highest BCUT2D eigenvalue weighted by Crippen LogP contribution is 2.08. The molecular weight excluding hydrogens is 576 g/mol. The van der Waals surface area contributed by atoms with Crippen molar-refractivity contribution in [2.24, 2.45) is 0 Å². The predicted molar refractivity (Wildman–Crippen MR) is 213 cm³/mol. The molecule has 0 radical (unpaired) electrons. The average molecular weight is 641 g/mol. The van der Waals surface area contributed by atoms with Crippen molar-refractivity contribution in [3.8, 4) is 25.7 Å². The molecule has 1 aliphatic rings. The maximum atomic E-state index is 8.00. The van der Waals surface area contributed by atoms with Crippen LogP contribution >= 0.6 is 0 Å². The molecule has 0 aliphatic carbocycles. The Kier molecular flexibility index (Phi) is 38.0. The molecule has 1 heterocycles. The van der Waals surface area contributed by atoms with Gasteiger partial charge in [0.15, 0.2) is 0 Å². The molecule has 0 aromatic heterocycles. The number of nitrogens with zero attached hydrogens (tertiary/aromatic N) is 3. The van der Waals surface area contributed by atoms with Gasteiger partial charge in [-0.15, -0.1) is 38.9 Å². The molecule has 0 unspecified atom stereocenters. The first-order valence-corrected chi connectivity index (χ1v) is 15.6. The van der Waals surface area contributed by atoms with Crippen LogP contribution in [-0.4, -0.2) is 81.4 Å². The normalized spacial score (nSPS) is 14.2. The summed E-state index contributed by atoms with van der Waals surface area (Å²) in [5.74, 6) is 0. The zero-order valence-electron chi connectivity index (χ0n) is 30.5. The Morgan fingerprint density at radius 3 is 1.45 bits per heavy atom. The van der Waals surface area contributed by atoms with Crippen molar-refractivity contribution in [3.63, 3.8) is 0 Å². The molecule has 258 valence electrons. The third-order valence-electron chi connectivity index (χ3n) is 6.43. The summed E-state index contributed by atoms with van der Waals surface area (Å²) in [7, 11) is 4.40. The van der Waals surface area contributed by atoms with Crippen LogP contribution in [0.25, 0.3) is 0 Å². The lowest BCUT2D eigenvalue weighted by Gasteiger charge is -2.28. The van der Waals surface area contributed by atoms with Gasteiger partial charge in [-0.2, -0.15) is 0 Å². The van der Waals surface area contributed by atoms with Crippen LogP contribution in [-0.2, 0) is 4.79 Å². The number of hydrogen-bond acceptors (Lipinski definition) is 5. The van der Waals surface area contributed by atoms with Gasteiger partial charge in [-0.1, -0.05) is 90.6 Å². The summed E-state index contributed by atoms with van der Waals surface area (Å²) in [5, 5.41) is 0. The SMILES string of the molecule is C#C.C#C.C=C.C=C/C=C(\C=C/C)CN1CCCN(C)CC(=C)CN(C)CCC1.C=O.Cc1ccc(C)cc1.Cc1ccc(N)cc1. The first-order chi connectivity index (χ1) is 22.6. The highest BCUT2D eigenvalue weighted by atomic mass is 16.1. The second-order valence-corrected chi connectivity index (χ2v) is 10.8. The number of hydrogen-bond donors (Lipinski definition) is 1. The van der Waals surface area contributed by atoms with E-state index >= 15 is 0 Å². The number of carbonyl (C=O) groups is 1.